The molecule has 0 heterocycles. The van der Waals surface area contributed by atoms with Crippen LogP contribution in [-0.4, -0.2) is 9.95 Å². The van der Waals surface area contributed by atoms with Gasteiger partial charge in [0.15, 0.2) is 0 Å². The van der Waals surface area contributed by atoms with Crippen LogP contribution in [-0.2, 0) is 4.79 Å². The third-order valence-electron chi connectivity index (χ3n) is 0.384. The van der Waals surface area contributed by atoms with Crippen molar-refractivity contribution in [2.75, 3.05) is 0 Å². The number of allylic oxidation sites excluding steroid dienone is 1. The fraction of sp³-hybridized carbons (Fsp3) is 0.250. The quantitative estimate of drug-likeness (QED) is 0.381. The molecule has 0 bridgehead atoms. The number of carbonyl (C=O) groups excluding carboxylic acids is 1. The molecule has 4 heteroatoms. The molecule has 0 radical (unpaired) electrons. The molecule has 0 rings (SSSR count). The van der Waals surface area contributed by atoms with Gasteiger partial charge in [-0.1, -0.05) is 0 Å². The summed E-state index contributed by atoms with van der Waals surface area (Å²) in [5.41, 5.74) is 0. The molecule has 0 saturated carbocycles. The van der Waals surface area contributed by atoms with Crippen molar-refractivity contribution in [3.63, 3.8) is 0 Å². The van der Waals surface area contributed by atoms with E-state index in [0.717, 1.165) is 0 Å². The number of rotatable bonds is 2. The number of hydrogen-bond acceptors (Lipinski definition) is 1. The second-order valence-electron chi connectivity index (χ2n) is 1.03. The molecular formula is C4H4Cl2OS. The van der Waals surface area contributed by atoms with Gasteiger partial charge in [0.25, 0.3) is 0 Å². The van der Waals surface area contributed by atoms with Crippen molar-refractivity contribution in [1.82, 2.24) is 0 Å². The van der Waals surface area contributed by atoms with Crippen LogP contribution < -0.4 is 0 Å². The fourth-order valence-electron chi connectivity index (χ4n) is 0.155. The van der Waals surface area contributed by atoms with Gasteiger partial charge in [-0.3, -0.25) is 4.79 Å². The van der Waals surface area contributed by atoms with Crippen molar-refractivity contribution in [3.05, 3.63) is 12.2 Å². The molecule has 0 fully saturated rings. The van der Waals surface area contributed by atoms with Gasteiger partial charge in [0.05, 0.1) is 0 Å². The second kappa shape index (κ2) is 4.24. The third-order valence-corrected chi connectivity index (χ3v) is 0.824. The molecule has 0 aliphatic heterocycles. The summed E-state index contributed by atoms with van der Waals surface area (Å²) in [6, 6.07) is 0. The average molecular weight is 171 g/mol. The highest BCUT2D eigenvalue weighted by Gasteiger charge is 1.89. The molecule has 0 N–H and O–H groups in total. The van der Waals surface area contributed by atoms with Crippen LogP contribution in [0, 0.1) is 0 Å². The molecule has 0 aromatic carbocycles. The van der Waals surface area contributed by atoms with Crippen LogP contribution in [0.25, 0.3) is 0 Å². The molecule has 46 valence electrons. The van der Waals surface area contributed by atoms with E-state index >= 15 is 0 Å². The molecule has 0 amide bonds. The standard InChI is InChI=1S/C4H4Cl2OS/c5-3(6)1-2-4(7)8/h1-3H,(H,7,8). The Morgan fingerprint density at radius 1 is 1.62 bits per heavy atom. The predicted octanol–water partition coefficient (Wildman–Crippen LogP) is 1.80. The number of alkyl halides is 2. The Morgan fingerprint density at radius 3 is 2.25 bits per heavy atom. The van der Waals surface area contributed by atoms with Crippen LogP contribution in [0.5, 0.6) is 0 Å². The van der Waals surface area contributed by atoms with E-state index in [-0.39, 0.29) is 5.12 Å². The number of hydrogen-bond donors (Lipinski definition) is 1. The first-order valence-corrected chi connectivity index (χ1v) is 3.14. The summed E-state index contributed by atoms with van der Waals surface area (Å²) >= 11 is 13.9. The maximum Gasteiger partial charge on any atom is 0.208 e. The van der Waals surface area contributed by atoms with Crippen LogP contribution in [0.4, 0.5) is 0 Å². The van der Waals surface area contributed by atoms with Gasteiger partial charge in [0.1, 0.15) is 4.84 Å². The van der Waals surface area contributed by atoms with E-state index in [0.29, 0.717) is 0 Å². The SMILES string of the molecule is O=C(S)C=CC(Cl)Cl. The topological polar surface area (TPSA) is 17.1 Å². The zero-order valence-corrected chi connectivity index (χ0v) is 6.25. The molecule has 1 nitrogen and oxygen atoms in total. The summed E-state index contributed by atoms with van der Waals surface area (Å²) in [4.78, 5) is 9.39. The minimum Gasteiger partial charge on any atom is -0.283 e. The molecule has 0 aliphatic carbocycles. The second-order valence-corrected chi connectivity index (χ2v) is 2.64. The highest BCUT2D eigenvalue weighted by atomic mass is 35.5. The normalized spacial score (nSPS) is 11.0. The van der Waals surface area contributed by atoms with E-state index in [1.165, 1.54) is 12.2 Å². The minimum atomic E-state index is -0.619. The third kappa shape index (κ3) is 6.34. The highest BCUT2D eigenvalue weighted by molar-refractivity contribution is 7.97. The van der Waals surface area contributed by atoms with Crippen LogP contribution in [0.3, 0.4) is 0 Å². The van der Waals surface area contributed by atoms with Gasteiger partial charge in [-0.25, -0.2) is 0 Å². The first kappa shape index (κ1) is 8.34. The summed E-state index contributed by atoms with van der Waals surface area (Å²) in [7, 11) is 0. The van der Waals surface area contributed by atoms with Crippen molar-refractivity contribution >= 4 is 40.9 Å². The van der Waals surface area contributed by atoms with E-state index in [1.807, 2.05) is 0 Å². The molecule has 0 aliphatic rings. The Kier molecular flexibility index (Phi) is 4.42. The monoisotopic (exact) mass is 170 g/mol. The van der Waals surface area contributed by atoms with Gasteiger partial charge in [-0.2, -0.15) is 0 Å². The van der Waals surface area contributed by atoms with Gasteiger partial charge in [0, 0.05) is 0 Å². The largest absolute Gasteiger partial charge is 0.283 e. The van der Waals surface area contributed by atoms with Gasteiger partial charge >= 0.3 is 0 Å². The molecule has 8 heavy (non-hydrogen) atoms. The van der Waals surface area contributed by atoms with E-state index in [1.54, 1.807) is 0 Å². The zero-order chi connectivity index (χ0) is 6.57. The first-order valence-electron chi connectivity index (χ1n) is 1.82. The van der Waals surface area contributed by atoms with Crippen molar-refractivity contribution in [3.8, 4) is 0 Å². The lowest BCUT2D eigenvalue weighted by molar-refractivity contribution is -0.106. The van der Waals surface area contributed by atoms with Crippen LogP contribution in [0.1, 0.15) is 0 Å². The lowest BCUT2D eigenvalue weighted by Crippen LogP contribution is -1.80. The number of halogens is 2. The van der Waals surface area contributed by atoms with E-state index in [4.69, 9.17) is 23.2 Å². The smallest absolute Gasteiger partial charge is 0.208 e. The van der Waals surface area contributed by atoms with Gasteiger partial charge in [0.2, 0.25) is 5.12 Å². The molecule has 0 aromatic rings. The predicted molar refractivity (Wildman–Crippen MR) is 38.6 cm³/mol. The average Bonchev–Trinajstić information content (AvgIpc) is 1.61. The Balaban J connectivity index is 3.50. The maximum atomic E-state index is 10.0. The Labute approximate surface area is 63.1 Å². The van der Waals surface area contributed by atoms with E-state index in [2.05, 4.69) is 12.6 Å². The van der Waals surface area contributed by atoms with Gasteiger partial charge < -0.3 is 0 Å². The summed E-state index contributed by atoms with van der Waals surface area (Å²) in [6.07, 6.45) is 2.55. The molecule has 0 saturated heterocycles. The number of thiol groups is 1. The van der Waals surface area contributed by atoms with Crippen LogP contribution in [0.2, 0.25) is 0 Å². The Hall–Kier alpha value is 0.340. The van der Waals surface area contributed by atoms with Gasteiger partial charge in [-0.05, 0) is 12.2 Å². The molecule has 0 unspecified atom stereocenters. The fourth-order valence-corrected chi connectivity index (χ4v) is 0.387. The van der Waals surface area contributed by atoms with Crippen molar-refractivity contribution in [2.45, 2.75) is 4.84 Å². The van der Waals surface area contributed by atoms with E-state index in [9.17, 15) is 4.79 Å². The minimum absolute atomic E-state index is 0.351. The van der Waals surface area contributed by atoms with Crippen molar-refractivity contribution < 1.29 is 4.79 Å². The van der Waals surface area contributed by atoms with Crippen molar-refractivity contribution in [1.29, 1.82) is 0 Å². The van der Waals surface area contributed by atoms with Gasteiger partial charge in [-0.15, -0.1) is 35.8 Å². The molecule has 0 spiro atoms. The summed E-state index contributed by atoms with van der Waals surface area (Å²) in [5.74, 6) is 0. The lowest BCUT2D eigenvalue weighted by atomic mass is 10.6. The molecule has 0 aromatic heterocycles. The molecule has 0 atom stereocenters. The summed E-state index contributed by atoms with van der Waals surface area (Å²) < 4.78 is 0. The lowest BCUT2D eigenvalue weighted by Gasteiger charge is -1.83. The highest BCUT2D eigenvalue weighted by Crippen LogP contribution is 2.02. The number of carbonyl (C=O) groups is 1. The Bertz CT molecular complexity index is 111. The van der Waals surface area contributed by atoms with Crippen molar-refractivity contribution in [2.24, 2.45) is 0 Å². The van der Waals surface area contributed by atoms with Crippen LogP contribution in [0.15, 0.2) is 12.2 Å². The maximum absolute atomic E-state index is 10.0. The van der Waals surface area contributed by atoms with E-state index < -0.39 is 4.84 Å². The molecular weight excluding hydrogens is 167 g/mol. The summed E-state index contributed by atoms with van der Waals surface area (Å²) in [5, 5.41) is -0.351. The van der Waals surface area contributed by atoms with Crippen LogP contribution >= 0.6 is 35.8 Å². The first-order chi connectivity index (χ1) is 3.63. The Morgan fingerprint density at radius 2 is 2.12 bits per heavy atom. The zero-order valence-electron chi connectivity index (χ0n) is 3.84. The summed E-state index contributed by atoms with van der Waals surface area (Å²) in [6.45, 7) is 0.